The van der Waals surface area contributed by atoms with Crippen molar-refractivity contribution in [2.24, 2.45) is 0 Å². The molecule has 0 aromatic carbocycles. The minimum atomic E-state index is -4.36. The van der Waals surface area contributed by atoms with Crippen LogP contribution in [-0.2, 0) is 18.4 Å². The van der Waals surface area contributed by atoms with Gasteiger partial charge in [0.25, 0.3) is 0 Å². The van der Waals surface area contributed by atoms with Crippen LogP contribution in [0.3, 0.4) is 0 Å². The molecule has 0 saturated carbocycles. The number of amides is 1. The molecule has 0 aromatic heterocycles. The molecule has 454 valence electrons. The van der Waals surface area contributed by atoms with E-state index in [9.17, 15) is 19.4 Å². The van der Waals surface area contributed by atoms with E-state index in [4.69, 9.17) is 9.05 Å². The van der Waals surface area contributed by atoms with Gasteiger partial charge >= 0.3 is 7.82 Å². The highest BCUT2D eigenvalue weighted by Crippen LogP contribution is 2.43. The predicted molar refractivity (Wildman–Crippen MR) is 337 cm³/mol. The minimum Gasteiger partial charge on any atom is -0.387 e. The van der Waals surface area contributed by atoms with Crippen LogP contribution in [0.2, 0.25) is 0 Å². The highest BCUT2D eigenvalue weighted by atomic mass is 31.2. The number of aliphatic hydroxyl groups excluding tert-OH is 1. The van der Waals surface area contributed by atoms with Crippen molar-refractivity contribution in [1.82, 2.24) is 5.32 Å². The highest BCUT2D eigenvalue weighted by molar-refractivity contribution is 7.47. The molecule has 1 amide bonds. The molecule has 0 bridgehead atoms. The Hall–Kier alpha value is -1.54. The van der Waals surface area contributed by atoms with E-state index < -0.39 is 20.0 Å². The van der Waals surface area contributed by atoms with Crippen molar-refractivity contribution in [3.05, 3.63) is 48.6 Å². The summed E-state index contributed by atoms with van der Waals surface area (Å²) in [5.41, 5.74) is 0. The number of unbranched alkanes of at least 4 members (excludes halogenated alkanes) is 43. The van der Waals surface area contributed by atoms with Gasteiger partial charge in [0.15, 0.2) is 0 Å². The van der Waals surface area contributed by atoms with Crippen LogP contribution < -0.4 is 5.32 Å². The minimum absolute atomic E-state index is 0.0568. The Kier molecular flexibility index (Phi) is 57.9. The van der Waals surface area contributed by atoms with E-state index in [2.05, 4.69) is 55.6 Å². The second kappa shape index (κ2) is 59.1. The van der Waals surface area contributed by atoms with Gasteiger partial charge in [-0.15, -0.1) is 0 Å². The number of aliphatic hydroxyl groups is 1. The molecule has 0 aliphatic heterocycles. The van der Waals surface area contributed by atoms with Crippen LogP contribution in [0, 0.1) is 0 Å². The molecular weight excluding hydrogens is 972 g/mol. The van der Waals surface area contributed by atoms with Crippen LogP contribution in [0.15, 0.2) is 48.6 Å². The van der Waals surface area contributed by atoms with Gasteiger partial charge in [0, 0.05) is 6.42 Å². The number of phosphoric acid groups is 1. The Morgan fingerprint density at radius 2 is 0.753 bits per heavy atom. The number of carbonyl (C=O) groups is 1. The average molecular weight is 1100 g/mol. The molecule has 3 atom stereocenters. The molecule has 0 heterocycles. The molecule has 0 saturated heterocycles. The summed E-state index contributed by atoms with van der Waals surface area (Å²) >= 11 is 0. The molecule has 0 aliphatic rings. The number of allylic oxidation sites excluding steroid dienone is 7. The summed E-state index contributed by atoms with van der Waals surface area (Å²) in [7, 11) is 1.57. The monoisotopic (exact) mass is 1100 g/mol. The Morgan fingerprint density at radius 1 is 0.442 bits per heavy atom. The number of phosphoric ester groups is 1. The normalized spacial score (nSPS) is 14.0. The van der Waals surface area contributed by atoms with Crippen molar-refractivity contribution in [2.45, 2.75) is 341 Å². The largest absolute Gasteiger partial charge is 0.472 e. The van der Waals surface area contributed by atoms with E-state index in [-0.39, 0.29) is 19.1 Å². The quantitative estimate of drug-likeness (QED) is 0.0243. The number of nitrogens with zero attached hydrogens (tertiary/aromatic N) is 1. The third-order valence-electron chi connectivity index (χ3n) is 15.3. The summed E-state index contributed by atoms with van der Waals surface area (Å²) in [6.45, 7) is 4.83. The van der Waals surface area contributed by atoms with E-state index >= 15 is 0 Å². The molecular formula is C68H132N2O6P+. The second-order valence-corrected chi connectivity index (χ2v) is 25.6. The maximum absolute atomic E-state index is 13.0. The first-order valence-corrected chi connectivity index (χ1v) is 35.0. The number of hydrogen-bond donors (Lipinski definition) is 3. The van der Waals surface area contributed by atoms with Crippen LogP contribution in [0.25, 0.3) is 0 Å². The number of carbonyl (C=O) groups excluding carboxylic acids is 1. The van der Waals surface area contributed by atoms with Gasteiger partial charge in [0.1, 0.15) is 13.2 Å². The van der Waals surface area contributed by atoms with Gasteiger partial charge in [-0.2, -0.15) is 0 Å². The van der Waals surface area contributed by atoms with E-state index in [0.717, 1.165) is 44.9 Å². The van der Waals surface area contributed by atoms with E-state index in [1.54, 1.807) is 6.08 Å². The van der Waals surface area contributed by atoms with Gasteiger partial charge < -0.3 is 19.8 Å². The van der Waals surface area contributed by atoms with Crippen LogP contribution in [-0.4, -0.2) is 73.4 Å². The maximum atomic E-state index is 13.0. The maximum Gasteiger partial charge on any atom is 0.472 e. The van der Waals surface area contributed by atoms with Crippen molar-refractivity contribution < 1.29 is 32.9 Å². The number of likely N-dealkylation sites (N-methyl/N-ethyl adjacent to an activating group) is 1. The molecule has 77 heavy (non-hydrogen) atoms. The van der Waals surface area contributed by atoms with Crippen molar-refractivity contribution >= 4 is 13.7 Å². The lowest BCUT2D eigenvalue weighted by Gasteiger charge is -2.25. The summed E-state index contributed by atoms with van der Waals surface area (Å²) < 4.78 is 23.8. The zero-order valence-electron chi connectivity index (χ0n) is 52.0. The molecule has 0 aromatic rings. The van der Waals surface area contributed by atoms with Crippen molar-refractivity contribution in [1.29, 1.82) is 0 Å². The second-order valence-electron chi connectivity index (χ2n) is 24.2. The van der Waals surface area contributed by atoms with Gasteiger partial charge in [-0.1, -0.05) is 306 Å². The summed E-state index contributed by atoms with van der Waals surface area (Å²) in [6.07, 6.45) is 79.6. The fourth-order valence-corrected chi connectivity index (χ4v) is 10.8. The standard InChI is InChI=1S/C68H131N2O6P/c1-6-8-10-12-14-16-18-20-22-24-26-28-30-32-34-35-36-38-40-42-44-46-48-50-52-54-56-58-60-62-68(72)69-66(65-76-77(73,74)75-64-63-70(3,4)5)67(71)61-59-57-55-53-51-49-47-45-43-41-39-37-33-31-29-27-25-23-21-19-17-15-13-11-9-7-2/h18,20,24,26,51,53,59,61,66-67,71H,6-17,19,21-23,25,27-50,52,54-58,60,62-65H2,1-5H3,(H-,69,72,73,74)/p+1/b20-18-,26-24-,53-51+,61-59+. The molecule has 0 spiro atoms. The molecule has 0 fully saturated rings. The van der Waals surface area contributed by atoms with Crippen molar-refractivity contribution in [3.63, 3.8) is 0 Å². The molecule has 9 heteroatoms. The van der Waals surface area contributed by atoms with Crippen molar-refractivity contribution in [2.75, 3.05) is 40.9 Å². The summed E-state index contributed by atoms with van der Waals surface area (Å²) in [5, 5.41) is 14.0. The average Bonchev–Trinajstić information content (AvgIpc) is 3.39. The SMILES string of the molecule is CCCCCCC/C=C\C/C=C\CCCCCCCCCCCCCCCCCCCC(=O)NC(COP(=O)(O)OCC[N+](C)(C)C)C(O)/C=C/CC/C=C/CCCCCCCCCCCCCCCCCCCCCC. The van der Waals surface area contributed by atoms with Crippen LogP contribution >= 0.6 is 7.82 Å². The smallest absolute Gasteiger partial charge is 0.387 e. The van der Waals surface area contributed by atoms with Gasteiger partial charge in [-0.3, -0.25) is 13.8 Å². The van der Waals surface area contributed by atoms with E-state index in [1.165, 1.54) is 263 Å². The fourth-order valence-electron chi connectivity index (χ4n) is 10.0. The van der Waals surface area contributed by atoms with Crippen LogP contribution in [0.1, 0.15) is 328 Å². The molecule has 8 nitrogen and oxygen atoms in total. The Labute approximate surface area is 479 Å². The van der Waals surface area contributed by atoms with Gasteiger partial charge in [-0.05, 0) is 64.2 Å². The topological polar surface area (TPSA) is 105 Å². The first-order chi connectivity index (χ1) is 37.5. The predicted octanol–water partition coefficient (Wildman–Crippen LogP) is 21.1. The lowest BCUT2D eigenvalue weighted by molar-refractivity contribution is -0.870. The van der Waals surface area contributed by atoms with E-state index in [1.807, 2.05) is 27.2 Å². The number of nitrogens with one attached hydrogen (secondary N) is 1. The zero-order valence-corrected chi connectivity index (χ0v) is 52.9. The lowest BCUT2D eigenvalue weighted by atomic mass is 10.0. The molecule has 0 aliphatic carbocycles. The molecule has 0 rings (SSSR count). The third-order valence-corrected chi connectivity index (χ3v) is 16.3. The first kappa shape index (κ1) is 75.5. The Balaban J connectivity index is 4.12. The summed E-state index contributed by atoms with van der Waals surface area (Å²) in [5.74, 6) is -0.182. The molecule has 3 unspecified atom stereocenters. The zero-order chi connectivity index (χ0) is 56.3. The molecule has 0 radical (unpaired) electrons. The Morgan fingerprint density at radius 3 is 1.12 bits per heavy atom. The number of rotatable bonds is 62. The number of hydrogen-bond acceptors (Lipinski definition) is 5. The van der Waals surface area contributed by atoms with Gasteiger partial charge in [0.05, 0.1) is 39.9 Å². The number of quaternary nitrogens is 1. The van der Waals surface area contributed by atoms with Crippen LogP contribution in [0.4, 0.5) is 0 Å². The Bertz CT molecular complexity index is 1390. The molecule has 3 N–H and O–H groups in total. The van der Waals surface area contributed by atoms with Gasteiger partial charge in [0.2, 0.25) is 5.91 Å². The summed E-state index contributed by atoms with van der Waals surface area (Å²) in [6, 6.07) is -0.865. The highest BCUT2D eigenvalue weighted by Gasteiger charge is 2.28. The fraction of sp³-hybridized carbons (Fsp3) is 0.868. The van der Waals surface area contributed by atoms with Crippen molar-refractivity contribution in [3.8, 4) is 0 Å². The van der Waals surface area contributed by atoms with Crippen LogP contribution in [0.5, 0.6) is 0 Å². The summed E-state index contributed by atoms with van der Waals surface area (Å²) in [4.78, 5) is 23.4. The lowest BCUT2D eigenvalue weighted by Crippen LogP contribution is -2.45. The van der Waals surface area contributed by atoms with E-state index in [0.29, 0.717) is 17.4 Å². The van der Waals surface area contributed by atoms with Gasteiger partial charge in [-0.25, -0.2) is 4.57 Å². The third kappa shape index (κ3) is 61.9. The first-order valence-electron chi connectivity index (χ1n) is 33.5.